The maximum atomic E-state index is 13.8. The summed E-state index contributed by atoms with van der Waals surface area (Å²) in [5.41, 5.74) is 5.32. The van der Waals surface area contributed by atoms with Gasteiger partial charge in [-0.25, -0.2) is 14.4 Å². The van der Waals surface area contributed by atoms with Gasteiger partial charge < -0.3 is 9.88 Å². The molecule has 0 aromatic carbocycles. The van der Waals surface area contributed by atoms with Gasteiger partial charge in [-0.15, -0.1) is 0 Å². The number of nitrogens with zero attached hydrogens (tertiary/aromatic N) is 3. The molecule has 0 fully saturated rings. The number of fused-ring (bicyclic) bond motifs is 4. The summed E-state index contributed by atoms with van der Waals surface area (Å²) in [6.07, 6.45) is 6.17. The molecule has 3 aromatic heterocycles. The summed E-state index contributed by atoms with van der Waals surface area (Å²) < 4.78 is 13.8. The van der Waals surface area contributed by atoms with Gasteiger partial charge in [-0.1, -0.05) is 6.08 Å². The molecule has 1 atom stereocenters. The monoisotopic (exact) mass is 334 g/mol. The number of aryl methyl sites for hydroxylation is 1. The van der Waals surface area contributed by atoms with E-state index in [1.165, 1.54) is 11.3 Å². The van der Waals surface area contributed by atoms with Gasteiger partial charge in [0, 0.05) is 53.3 Å². The molecule has 0 amide bonds. The van der Waals surface area contributed by atoms with E-state index in [4.69, 9.17) is 0 Å². The zero-order valence-electron chi connectivity index (χ0n) is 14.1. The first-order chi connectivity index (χ1) is 12.2. The molecule has 3 aromatic rings. The summed E-state index contributed by atoms with van der Waals surface area (Å²) in [6, 6.07) is 6.22. The summed E-state index contributed by atoms with van der Waals surface area (Å²) in [4.78, 5) is 14.8. The molecule has 2 aliphatic rings. The topological polar surface area (TPSA) is 44.8 Å². The molecule has 0 spiro atoms. The summed E-state index contributed by atoms with van der Waals surface area (Å²) in [5, 5.41) is 3.18. The minimum atomic E-state index is -0.876. The van der Waals surface area contributed by atoms with E-state index in [9.17, 15) is 4.39 Å². The molecular weight excluding hydrogens is 315 g/mol. The van der Waals surface area contributed by atoms with Crippen LogP contribution in [0.15, 0.2) is 24.4 Å². The van der Waals surface area contributed by atoms with Gasteiger partial charge in [-0.2, -0.15) is 0 Å². The number of nitrogens with one attached hydrogen (secondary N) is 1. The molecule has 1 N–H and O–H groups in total. The second kappa shape index (κ2) is 5.41. The molecule has 126 valence electrons. The predicted octanol–water partition coefficient (Wildman–Crippen LogP) is 2.13. The molecule has 0 radical (unpaired) electrons. The van der Waals surface area contributed by atoms with Crippen molar-refractivity contribution >= 4 is 28.9 Å². The van der Waals surface area contributed by atoms with Crippen molar-refractivity contribution in [3.8, 4) is 0 Å². The average molecular weight is 334 g/mol. The van der Waals surface area contributed by atoms with Crippen molar-refractivity contribution in [3.05, 3.63) is 51.9 Å². The summed E-state index contributed by atoms with van der Waals surface area (Å²) in [7, 11) is 0. The molecule has 0 saturated carbocycles. The van der Waals surface area contributed by atoms with Crippen molar-refractivity contribution in [3.63, 3.8) is 0 Å². The third-order valence-electron chi connectivity index (χ3n) is 5.17. The van der Waals surface area contributed by atoms with Gasteiger partial charge in [0.25, 0.3) is 0 Å². The first-order valence-corrected chi connectivity index (χ1v) is 8.71. The lowest BCUT2D eigenvalue weighted by Crippen LogP contribution is -2.35. The molecule has 4 heterocycles. The van der Waals surface area contributed by atoms with Gasteiger partial charge in [-0.05, 0) is 36.8 Å². The van der Waals surface area contributed by atoms with Crippen molar-refractivity contribution < 1.29 is 4.39 Å². The van der Waals surface area contributed by atoms with Gasteiger partial charge in [0.05, 0.1) is 11.9 Å². The van der Waals surface area contributed by atoms with E-state index in [-0.39, 0.29) is 0 Å². The van der Waals surface area contributed by atoms with Gasteiger partial charge in [0.2, 0.25) is 0 Å². The summed E-state index contributed by atoms with van der Waals surface area (Å²) in [6.45, 7) is 3.69. The number of pyridine rings is 2. The van der Waals surface area contributed by atoms with E-state index in [0.717, 1.165) is 52.5 Å². The Balaban J connectivity index is 1.55. The predicted molar refractivity (Wildman–Crippen MR) is 97.5 cm³/mol. The SMILES string of the molecule is Cc1ccc2cc(N3CCc4[nH]c5c(c4C3)=CC(F)CC=5)cnc2n1. The van der Waals surface area contributed by atoms with E-state index in [2.05, 4.69) is 32.0 Å². The van der Waals surface area contributed by atoms with Gasteiger partial charge in [-0.3, -0.25) is 0 Å². The summed E-state index contributed by atoms with van der Waals surface area (Å²) >= 11 is 0. The van der Waals surface area contributed by atoms with Crippen LogP contribution >= 0.6 is 0 Å². The average Bonchev–Trinajstić information content (AvgIpc) is 2.98. The molecule has 0 bridgehead atoms. The fourth-order valence-electron chi connectivity index (χ4n) is 3.86. The maximum Gasteiger partial charge on any atom is 0.159 e. The Hall–Kier alpha value is -2.69. The zero-order valence-corrected chi connectivity index (χ0v) is 14.1. The zero-order chi connectivity index (χ0) is 17.0. The van der Waals surface area contributed by atoms with Crippen LogP contribution in [0.2, 0.25) is 0 Å². The first kappa shape index (κ1) is 14.6. The largest absolute Gasteiger partial charge is 0.365 e. The first-order valence-electron chi connectivity index (χ1n) is 8.71. The Morgan fingerprint density at radius 3 is 3.16 bits per heavy atom. The number of alkyl halides is 1. The molecule has 5 heteroatoms. The minimum absolute atomic E-state index is 0.469. The molecule has 1 aliphatic heterocycles. The summed E-state index contributed by atoms with van der Waals surface area (Å²) in [5.74, 6) is 0. The van der Waals surface area contributed by atoms with Crippen LogP contribution in [-0.2, 0) is 13.0 Å². The Labute approximate surface area is 144 Å². The fourth-order valence-corrected chi connectivity index (χ4v) is 3.86. The van der Waals surface area contributed by atoms with Gasteiger partial charge in [0.1, 0.15) is 6.17 Å². The van der Waals surface area contributed by atoms with E-state index >= 15 is 0 Å². The highest BCUT2D eigenvalue weighted by atomic mass is 19.1. The number of halogens is 1. The molecule has 1 unspecified atom stereocenters. The lowest BCUT2D eigenvalue weighted by atomic mass is 10.0. The molecule has 25 heavy (non-hydrogen) atoms. The van der Waals surface area contributed by atoms with E-state index in [1.807, 2.05) is 25.3 Å². The van der Waals surface area contributed by atoms with Crippen LogP contribution in [0.4, 0.5) is 10.1 Å². The molecule has 1 aliphatic carbocycles. The maximum absolute atomic E-state index is 13.8. The van der Waals surface area contributed by atoms with Crippen molar-refractivity contribution in [2.75, 3.05) is 11.4 Å². The van der Waals surface area contributed by atoms with E-state index in [0.29, 0.717) is 6.42 Å². The molecule has 4 nitrogen and oxygen atoms in total. The lowest BCUT2D eigenvalue weighted by Gasteiger charge is -2.29. The van der Waals surface area contributed by atoms with Crippen molar-refractivity contribution in [2.24, 2.45) is 0 Å². The van der Waals surface area contributed by atoms with E-state index < -0.39 is 6.17 Å². The smallest absolute Gasteiger partial charge is 0.159 e. The molecule has 5 rings (SSSR count). The van der Waals surface area contributed by atoms with Crippen LogP contribution in [0.25, 0.3) is 23.2 Å². The number of aromatic nitrogens is 3. The number of hydrogen-bond acceptors (Lipinski definition) is 3. The molecule has 0 saturated heterocycles. The quantitative estimate of drug-likeness (QED) is 0.741. The second-order valence-corrected chi connectivity index (χ2v) is 6.90. The van der Waals surface area contributed by atoms with Crippen molar-refractivity contribution in [2.45, 2.75) is 32.5 Å². The minimum Gasteiger partial charge on any atom is -0.365 e. The number of aromatic amines is 1. The normalized spacial score (nSPS) is 19.1. The Morgan fingerprint density at radius 1 is 1.32 bits per heavy atom. The van der Waals surface area contributed by atoms with Crippen LogP contribution < -0.4 is 15.5 Å². The number of H-pyrrole nitrogens is 1. The number of anilines is 1. The van der Waals surface area contributed by atoms with Crippen LogP contribution in [0.3, 0.4) is 0 Å². The highest BCUT2D eigenvalue weighted by molar-refractivity contribution is 5.78. The van der Waals surface area contributed by atoms with Crippen LogP contribution in [0.5, 0.6) is 0 Å². The van der Waals surface area contributed by atoms with Crippen molar-refractivity contribution in [1.82, 2.24) is 15.0 Å². The van der Waals surface area contributed by atoms with Gasteiger partial charge >= 0.3 is 0 Å². The number of rotatable bonds is 1. The van der Waals surface area contributed by atoms with Crippen molar-refractivity contribution in [1.29, 1.82) is 0 Å². The van der Waals surface area contributed by atoms with E-state index in [1.54, 1.807) is 6.08 Å². The molecular formula is C20H19FN4. The van der Waals surface area contributed by atoms with Gasteiger partial charge in [0.15, 0.2) is 5.65 Å². The second-order valence-electron chi connectivity index (χ2n) is 6.90. The highest BCUT2D eigenvalue weighted by Crippen LogP contribution is 2.24. The van der Waals surface area contributed by atoms with Crippen LogP contribution in [-0.4, -0.2) is 27.7 Å². The fraction of sp³-hybridized carbons (Fsp3) is 0.300. The third-order valence-corrected chi connectivity index (χ3v) is 5.17. The standard InChI is InChI=1S/C20H19FN4/c1-12-2-3-13-8-15(10-22-20(13)23-12)25-7-6-19-17(11-25)16-9-14(21)4-5-18(16)24-19/h2-3,5,8-10,14,24H,4,6-7,11H2,1H3. The van der Waals surface area contributed by atoms with Crippen LogP contribution in [0.1, 0.15) is 23.4 Å². The third kappa shape index (κ3) is 2.42. The lowest BCUT2D eigenvalue weighted by molar-refractivity contribution is 0.427. The van der Waals surface area contributed by atoms with Crippen LogP contribution in [0, 0.1) is 6.92 Å². The Morgan fingerprint density at radius 2 is 2.24 bits per heavy atom. The Bertz CT molecular complexity index is 1100. The highest BCUT2D eigenvalue weighted by Gasteiger charge is 2.22. The Kier molecular flexibility index (Phi) is 3.17. The number of hydrogen-bond donors (Lipinski definition) is 1.